The van der Waals surface area contributed by atoms with Crippen LogP contribution in [0.4, 0.5) is 0 Å². The minimum Gasteiger partial charge on any atom is -0.356 e. The summed E-state index contributed by atoms with van der Waals surface area (Å²) >= 11 is 0. The lowest BCUT2D eigenvalue weighted by atomic mass is 9.83. The molecule has 0 radical (unpaired) electrons. The van der Waals surface area contributed by atoms with E-state index in [2.05, 4.69) is 10.6 Å². The molecule has 0 spiro atoms. The fraction of sp³-hybridized carbons (Fsp3) is 0.917. The number of nitrogens with one attached hydrogen (secondary N) is 2. The molecule has 1 heterocycles. The Morgan fingerprint density at radius 1 is 0.933 bits per heavy atom. The van der Waals surface area contributed by atoms with Gasteiger partial charge in [-0.1, -0.05) is 19.3 Å². The molecule has 2 aliphatic rings. The fourth-order valence-corrected chi connectivity index (χ4v) is 2.75. The van der Waals surface area contributed by atoms with Crippen molar-refractivity contribution in [2.75, 3.05) is 13.1 Å². The van der Waals surface area contributed by atoms with Crippen molar-refractivity contribution in [3.05, 3.63) is 0 Å². The minimum absolute atomic E-state index is 0.233. The fourth-order valence-electron chi connectivity index (χ4n) is 2.75. The van der Waals surface area contributed by atoms with Crippen LogP contribution < -0.4 is 10.6 Å². The lowest BCUT2D eigenvalue weighted by Crippen LogP contribution is -2.47. The Morgan fingerprint density at radius 2 is 1.73 bits per heavy atom. The normalized spacial score (nSPS) is 34.0. The lowest BCUT2D eigenvalue weighted by molar-refractivity contribution is -0.126. The average molecular weight is 210 g/mol. The molecular formula is C12H22N2O. The highest BCUT2D eigenvalue weighted by Crippen LogP contribution is 2.25. The van der Waals surface area contributed by atoms with Gasteiger partial charge in [0.2, 0.25) is 5.91 Å². The number of hydrogen-bond donors (Lipinski definition) is 2. The molecule has 1 aliphatic carbocycles. The Hall–Kier alpha value is -0.570. The smallest absolute Gasteiger partial charge is 0.224 e. The number of rotatable bonds is 0. The predicted molar refractivity (Wildman–Crippen MR) is 60.6 cm³/mol. The molecule has 86 valence electrons. The highest BCUT2D eigenvalue weighted by molar-refractivity contribution is 5.79. The second-order valence-corrected chi connectivity index (χ2v) is 4.80. The first kappa shape index (κ1) is 10.9. The monoisotopic (exact) mass is 210 g/mol. The first-order valence-electron chi connectivity index (χ1n) is 6.39. The zero-order valence-corrected chi connectivity index (χ0v) is 9.43. The molecule has 2 rings (SSSR count). The summed E-state index contributed by atoms with van der Waals surface area (Å²) in [6, 6.07) is 0.442. The molecule has 0 aromatic heterocycles. The molecular weight excluding hydrogens is 188 g/mol. The molecule has 2 N–H and O–H groups in total. The quantitative estimate of drug-likeness (QED) is 0.635. The van der Waals surface area contributed by atoms with Crippen LogP contribution in [-0.4, -0.2) is 25.0 Å². The number of fused-ring (bicyclic) bond motifs is 1. The van der Waals surface area contributed by atoms with Gasteiger partial charge >= 0.3 is 0 Å². The second kappa shape index (κ2) is 5.50. The summed E-state index contributed by atoms with van der Waals surface area (Å²) in [5.41, 5.74) is 0. The average Bonchev–Trinajstić information content (AvgIpc) is 2.28. The van der Waals surface area contributed by atoms with E-state index in [-0.39, 0.29) is 11.8 Å². The van der Waals surface area contributed by atoms with E-state index in [9.17, 15) is 4.79 Å². The van der Waals surface area contributed by atoms with Crippen LogP contribution in [0, 0.1) is 5.92 Å². The summed E-state index contributed by atoms with van der Waals surface area (Å²) in [6.45, 7) is 1.97. The van der Waals surface area contributed by atoms with Crippen molar-refractivity contribution in [2.24, 2.45) is 5.92 Å². The van der Waals surface area contributed by atoms with Gasteiger partial charge in [0.25, 0.3) is 0 Å². The van der Waals surface area contributed by atoms with Crippen molar-refractivity contribution in [2.45, 2.75) is 51.0 Å². The molecule has 0 aromatic rings. The van der Waals surface area contributed by atoms with Crippen molar-refractivity contribution < 1.29 is 4.79 Å². The van der Waals surface area contributed by atoms with Gasteiger partial charge in [0.15, 0.2) is 0 Å². The molecule has 3 heteroatoms. The zero-order chi connectivity index (χ0) is 10.5. The van der Waals surface area contributed by atoms with Crippen molar-refractivity contribution in [1.82, 2.24) is 10.6 Å². The van der Waals surface area contributed by atoms with Gasteiger partial charge in [-0.05, 0) is 32.2 Å². The van der Waals surface area contributed by atoms with Gasteiger partial charge in [0, 0.05) is 12.6 Å². The summed E-state index contributed by atoms with van der Waals surface area (Å²) < 4.78 is 0. The maximum absolute atomic E-state index is 11.9. The van der Waals surface area contributed by atoms with Gasteiger partial charge in [0.1, 0.15) is 0 Å². The molecule has 1 amide bonds. The molecule has 0 unspecified atom stereocenters. The summed E-state index contributed by atoms with van der Waals surface area (Å²) in [6.07, 6.45) is 8.36. The van der Waals surface area contributed by atoms with E-state index in [1.165, 1.54) is 32.1 Å². The minimum atomic E-state index is 0.233. The van der Waals surface area contributed by atoms with E-state index in [4.69, 9.17) is 0 Å². The standard InChI is InChI=1S/C12H22N2O/c15-12-10-6-2-3-7-11(10)13-8-4-1-5-9-14-12/h10-11,13H,1-9H2,(H,14,15)/t10-,11+/m1/s1. The van der Waals surface area contributed by atoms with Crippen LogP contribution in [0.15, 0.2) is 0 Å². The van der Waals surface area contributed by atoms with Crippen LogP contribution in [0.3, 0.4) is 0 Å². The lowest BCUT2D eigenvalue weighted by Gasteiger charge is -2.32. The van der Waals surface area contributed by atoms with Gasteiger partial charge in [-0.2, -0.15) is 0 Å². The summed E-state index contributed by atoms with van der Waals surface area (Å²) in [4.78, 5) is 11.9. The predicted octanol–water partition coefficient (Wildman–Crippen LogP) is 1.43. The largest absolute Gasteiger partial charge is 0.356 e. The van der Waals surface area contributed by atoms with E-state index in [0.29, 0.717) is 6.04 Å². The van der Waals surface area contributed by atoms with Gasteiger partial charge in [-0.3, -0.25) is 4.79 Å². The molecule has 0 bridgehead atoms. The third-order valence-corrected chi connectivity index (χ3v) is 3.66. The van der Waals surface area contributed by atoms with Crippen LogP contribution in [0.2, 0.25) is 0 Å². The Labute approximate surface area is 92.0 Å². The number of hydrogen-bond acceptors (Lipinski definition) is 2. The Bertz CT molecular complexity index is 218. The third kappa shape index (κ3) is 2.94. The molecule has 1 aliphatic heterocycles. The van der Waals surface area contributed by atoms with Crippen LogP contribution in [0.5, 0.6) is 0 Å². The number of carbonyl (C=O) groups excluding carboxylic acids is 1. The van der Waals surface area contributed by atoms with Gasteiger partial charge in [-0.15, -0.1) is 0 Å². The number of carbonyl (C=O) groups is 1. The zero-order valence-electron chi connectivity index (χ0n) is 9.43. The Balaban J connectivity index is 1.96. The van der Waals surface area contributed by atoms with Crippen molar-refractivity contribution in [3.8, 4) is 0 Å². The second-order valence-electron chi connectivity index (χ2n) is 4.80. The third-order valence-electron chi connectivity index (χ3n) is 3.66. The van der Waals surface area contributed by atoms with Crippen molar-refractivity contribution in [1.29, 1.82) is 0 Å². The van der Waals surface area contributed by atoms with Crippen molar-refractivity contribution in [3.63, 3.8) is 0 Å². The van der Waals surface area contributed by atoms with Gasteiger partial charge < -0.3 is 10.6 Å². The summed E-state index contributed by atoms with van der Waals surface area (Å²) in [5.74, 6) is 0.519. The summed E-state index contributed by atoms with van der Waals surface area (Å²) in [5, 5.41) is 6.63. The van der Waals surface area contributed by atoms with Crippen LogP contribution in [-0.2, 0) is 4.79 Å². The van der Waals surface area contributed by atoms with E-state index < -0.39 is 0 Å². The van der Waals surface area contributed by atoms with Gasteiger partial charge in [-0.25, -0.2) is 0 Å². The van der Waals surface area contributed by atoms with Crippen LogP contribution >= 0.6 is 0 Å². The topological polar surface area (TPSA) is 41.1 Å². The molecule has 2 atom stereocenters. The van der Waals surface area contributed by atoms with E-state index in [1.807, 2.05) is 0 Å². The Morgan fingerprint density at radius 3 is 2.67 bits per heavy atom. The SMILES string of the molecule is O=C1NCCCCCN[C@H]2CCCC[C@@H]12. The molecule has 15 heavy (non-hydrogen) atoms. The van der Waals surface area contributed by atoms with Crippen LogP contribution in [0.1, 0.15) is 44.9 Å². The molecule has 0 aromatic carbocycles. The molecule has 1 saturated heterocycles. The maximum atomic E-state index is 11.9. The molecule has 1 saturated carbocycles. The highest BCUT2D eigenvalue weighted by atomic mass is 16.1. The van der Waals surface area contributed by atoms with E-state index in [0.717, 1.165) is 25.9 Å². The van der Waals surface area contributed by atoms with Crippen LogP contribution in [0.25, 0.3) is 0 Å². The highest BCUT2D eigenvalue weighted by Gasteiger charge is 2.30. The van der Waals surface area contributed by atoms with E-state index in [1.54, 1.807) is 0 Å². The molecule has 2 fully saturated rings. The number of amides is 1. The Kier molecular flexibility index (Phi) is 4.01. The summed E-state index contributed by atoms with van der Waals surface area (Å²) in [7, 11) is 0. The van der Waals surface area contributed by atoms with E-state index >= 15 is 0 Å². The first-order valence-corrected chi connectivity index (χ1v) is 6.39. The first-order chi connectivity index (χ1) is 7.38. The van der Waals surface area contributed by atoms with Crippen molar-refractivity contribution >= 4 is 5.91 Å². The van der Waals surface area contributed by atoms with Gasteiger partial charge in [0.05, 0.1) is 5.92 Å². The maximum Gasteiger partial charge on any atom is 0.224 e. The molecule has 3 nitrogen and oxygen atoms in total.